The van der Waals surface area contributed by atoms with Crippen molar-refractivity contribution in [1.29, 1.82) is 0 Å². The number of hydrogen-bond donors (Lipinski definition) is 1. The molecular formula is C14H17F4NO. The van der Waals surface area contributed by atoms with Gasteiger partial charge in [0.15, 0.2) is 0 Å². The smallest absolute Gasteiger partial charge is 0.376 e. The highest BCUT2D eigenvalue weighted by Gasteiger charge is 2.31. The Labute approximate surface area is 115 Å². The zero-order chi connectivity index (χ0) is 15.2. The first kappa shape index (κ1) is 16.7. The summed E-state index contributed by atoms with van der Waals surface area (Å²) in [5.41, 5.74) is 0.162. The Kier molecular flexibility index (Phi) is 6.16. The molecule has 1 aromatic carbocycles. The van der Waals surface area contributed by atoms with E-state index >= 15 is 0 Å². The van der Waals surface area contributed by atoms with Crippen molar-refractivity contribution in [2.45, 2.75) is 19.6 Å². The lowest BCUT2D eigenvalue weighted by molar-refractivity contribution is -0.137. The molecule has 0 aromatic heterocycles. The minimum absolute atomic E-state index is 0.150. The Morgan fingerprint density at radius 1 is 1.30 bits per heavy atom. The van der Waals surface area contributed by atoms with Crippen LogP contribution in [0.5, 0.6) is 0 Å². The highest BCUT2D eigenvalue weighted by atomic mass is 19.4. The maximum absolute atomic E-state index is 13.1. The minimum Gasteiger partial charge on any atom is -0.376 e. The minimum atomic E-state index is -4.54. The second kappa shape index (κ2) is 7.40. The van der Waals surface area contributed by atoms with Gasteiger partial charge >= 0.3 is 6.18 Å². The van der Waals surface area contributed by atoms with Crippen molar-refractivity contribution in [3.63, 3.8) is 0 Å². The summed E-state index contributed by atoms with van der Waals surface area (Å²) in [6.07, 6.45) is -4.54. The lowest BCUT2D eigenvalue weighted by Gasteiger charge is -2.10. The fraction of sp³-hybridized carbons (Fsp3) is 0.429. The van der Waals surface area contributed by atoms with E-state index in [-0.39, 0.29) is 12.1 Å². The van der Waals surface area contributed by atoms with Crippen LogP contribution in [0.1, 0.15) is 18.1 Å². The van der Waals surface area contributed by atoms with Gasteiger partial charge in [-0.25, -0.2) is 4.39 Å². The molecule has 0 saturated carbocycles. The Morgan fingerprint density at radius 3 is 2.60 bits per heavy atom. The summed E-state index contributed by atoms with van der Waals surface area (Å²) in [5.74, 6) is -0.893. The van der Waals surface area contributed by atoms with E-state index in [9.17, 15) is 17.6 Å². The molecule has 0 spiro atoms. The topological polar surface area (TPSA) is 21.3 Å². The first-order valence-corrected chi connectivity index (χ1v) is 6.08. The molecule has 20 heavy (non-hydrogen) atoms. The normalized spacial score (nSPS) is 11.7. The van der Waals surface area contributed by atoms with Gasteiger partial charge in [0, 0.05) is 13.1 Å². The summed E-state index contributed by atoms with van der Waals surface area (Å²) >= 11 is 0. The fourth-order valence-corrected chi connectivity index (χ4v) is 1.54. The Hall–Kier alpha value is -1.40. The van der Waals surface area contributed by atoms with Crippen LogP contribution in [0, 0.1) is 5.82 Å². The van der Waals surface area contributed by atoms with E-state index in [2.05, 4.69) is 11.9 Å². The number of alkyl halides is 3. The van der Waals surface area contributed by atoms with Gasteiger partial charge in [-0.05, 0) is 30.7 Å². The van der Waals surface area contributed by atoms with E-state index in [4.69, 9.17) is 4.74 Å². The van der Waals surface area contributed by atoms with Crippen LogP contribution in [-0.2, 0) is 17.5 Å². The molecule has 0 radical (unpaired) electrons. The predicted octanol–water partition coefficient (Wildman–Crippen LogP) is 3.53. The van der Waals surface area contributed by atoms with Crippen LogP contribution >= 0.6 is 0 Å². The van der Waals surface area contributed by atoms with Gasteiger partial charge in [-0.3, -0.25) is 0 Å². The molecule has 112 valence electrons. The van der Waals surface area contributed by atoms with Crippen molar-refractivity contribution < 1.29 is 22.3 Å². The van der Waals surface area contributed by atoms with Gasteiger partial charge in [0.25, 0.3) is 0 Å². The number of nitrogens with one attached hydrogen (secondary N) is 1. The number of benzene rings is 1. The molecular weight excluding hydrogens is 274 g/mol. The maximum atomic E-state index is 13.1. The summed E-state index contributed by atoms with van der Waals surface area (Å²) in [5, 5.41) is 2.89. The molecule has 0 aliphatic rings. The highest BCUT2D eigenvalue weighted by molar-refractivity contribution is 5.26. The Bertz CT molecular complexity index is 457. The third-order valence-corrected chi connectivity index (χ3v) is 2.39. The number of hydrogen-bond acceptors (Lipinski definition) is 2. The zero-order valence-electron chi connectivity index (χ0n) is 11.2. The predicted molar refractivity (Wildman–Crippen MR) is 68.7 cm³/mol. The Morgan fingerprint density at radius 2 is 2.00 bits per heavy atom. The van der Waals surface area contributed by atoms with Crippen LogP contribution in [0.3, 0.4) is 0 Å². The summed E-state index contributed by atoms with van der Waals surface area (Å²) in [6.45, 7) is 6.97. The number of rotatable bonds is 7. The third-order valence-electron chi connectivity index (χ3n) is 2.39. The molecule has 0 aliphatic heterocycles. The van der Waals surface area contributed by atoms with E-state index in [0.717, 1.165) is 17.7 Å². The molecule has 0 unspecified atom stereocenters. The average molecular weight is 291 g/mol. The van der Waals surface area contributed by atoms with Gasteiger partial charge in [0.05, 0.1) is 18.8 Å². The number of ether oxygens (including phenoxy) is 1. The third kappa shape index (κ3) is 6.16. The molecule has 0 atom stereocenters. The molecule has 1 rings (SSSR count). The van der Waals surface area contributed by atoms with Crippen LogP contribution in [0.2, 0.25) is 0 Å². The molecule has 0 bridgehead atoms. The monoisotopic (exact) mass is 291 g/mol. The summed E-state index contributed by atoms with van der Waals surface area (Å²) < 4.78 is 55.8. The molecule has 0 aliphatic carbocycles. The summed E-state index contributed by atoms with van der Waals surface area (Å²) in [6, 6.07) is 2.50. The second-order valence-corrected chi connectivity index (χ2v) is 4.53. The Balaban J connectivity index is 2.44. The van der Waals surface area contributed by atoms with E-state index in [1.54, 1.807) is 0 Å². The zero-order valence-corrected chi connectivity index (χ0v) is 11.2. The number of halogens is 4. The van der Waals surface area contributed by atoms with Crippen molar-refractivity contribution in [3.8, 4) is 0 Å². The van der Waals surface area contributed by atoms with Crippen LogP contribution < -0.4 is 5.32 Å². The molecule has 2 nitrogen and oxygen atoms in total. The van der Waals surface area contributed by atoms with Crippen molar-refractivity contribution >= 4 is 0 Å². The summed E-state index contributed by atoms with van der Waals surface area (Å²) in [4.78, 5) is 0. The van der Waals surface area contributed by atoms with E-state index < -0.39 is 17.6 Å². The van der Waals surface area contributed by atoms with Crippen LogP contribution in [0.15, 0.2) is 30.4 Å². The first-order valence-electron chi connectivity index (χ1n) is 6.08. The SMILES string of the molecule is C=C(C)COCCNCc1cc(F)cc(C(F)(F)F)c1. The quantitative estimate of drug-likeness (QED) is 0.471. The van der Waals surface area contributed by atoms with Crippen molar-refractivity contribution in [2.24, 2.45) is 0 Å². The lowest BCUT2D eigenvalue weighted by atomic mass is 10.1. The van der Waals surface area contributed by atoms with Gasteiger partial charge in [0.2, 0.25) is 0 Å². The van der Waals surface area contributed by atoms with Gasteiger partial charge in [-0.15, -0.1) is 0 Å². The second-order valence-electron chi connectivity index (χ2n) is 4.53. The maximum Gasteiger partial charge on any atom is 0.416 e. The molecule has 0 saturated heterocycles. The lowest BCUT2D eigenvalue weighted by Crippen LogP contribution is -2.20. The van der Waals surface area contributed by atoms with Crippen molar-refractivity contribution in [3.05, 3.63) is 47.3 Å². The van der Waals surface area contributed by atoms with Crippen LogP contribution in [0.25, 0.3) is 0 Å². The molecule has 6 heteroatoms. The van der Waals surface area contributed by atoms with Gasteiger partial charge in [-0.2, -0.15) is 13.2 Å². The van der Waals surface area contributed by atoms with E-state index in [1.807, 2.05) is 6.92 Å². The van der Waals surface area contributed by atoms with Gasteiger partial charge in [0.1, 0.15) is 5.82 Å². The van der Waals surface area contributed by atoms with Gasteiger partial charge in [-0.1, -0.05) is 12.2 Å². The fourth-order valence-electron chi connectivity index (χ4n) is 1.54. The highest BCUT2D eigenvalue weighted by Crippen LogP contribution is 2.30. The van der Waals surface area contributed by atoms with Crippen molar-refractivity contribution in [1.82, 2.24) is 5.32 Å². The van der Waals surface area contributed by atoms with E-state index in [0.29, 0.717) is 25.8 Å². The molecule has 0 heterocycles. The van der Waals surface area contributed by atoms with Crippen LogP contribution in [-0.4, -0.2) is 19.8 Å². The van der Waals surface area contributed by atoms with Crippen LogP contribution in [0.4, 0.5) is 17.6 Å². The standard InChI is InChI=1S/C14H17F4NO/c1-10(2)9-20-4-3-19-8-11-5-12(14(16,17)18)7-13(15)6-11/h5-7,19H,1,3-4,8-9H2,2H3. The average Bonchev–Trinajstić information content (AvgIpc) is 2.31. The molecule has 1 aromatic rings. The van der Waals surface area contributed by atoms with Crippen molar-refractivity contribution in [2.75, 3.05) is 19.8 Å². The first-order chi connectivity index (χ1) is 9.29. The largest absolute Gasteiger partial charge is 0.416 e. The summed E-state index contributed by atoms with van der Waals surface area (Å²) in [7, 11) is 0. The molecule has 0 fully saturated rings. The molecule has 1 N–H and O–H groups in total. The van der Waals surface area contributed by atoms with Gasteiger partial charge < -0.3 is 10.1 Å². The van der Waals surface area contributed by atoms with E-state index in [1.165, 1.54) is 0 Å². The molecule has 0 amide bonds.